The van der Waals surface area contributed by atoms with E-state index in [1.54, 1.807) is 7.11 Å². The molecule has 0 spiro atoms. The number of ether oxygens (including phenoxy) is 2. The number of hydrogen-bond donors (Lipinski definition) is 1. The van der Waals surface area contributed by atoms with Gasteiger partial charge in [0.2, 0.25) is 5.91 Å². The third-order valence-electron chi connectivity index (χ3n) is 1.60. The maximum atomic E-state index is 11.1. The number of amides is 1. The molecule has 0 aliphatic heterocycles. The first-order valence-corrected chi connectivity index (χ1v) is 4.56. The van der Waals surface area contributed by atoms with Gasteiger partial charge in [0.05, 0.1) is 0 Å². The molecule has 13 heavy (non-hydrogen) atoms. The third-order valence-corrected chi connectivity index (χ3v) is 1.60. The van der Waals surface area contributed by atoms with Gasteiger partial charge in [-0.15, -0.1) is 0 Å². The number of nitrogens with one attached hydrogen (secondary N) is 1. The smallest absolute Gasteiger partial charge is 0.246 e. The largest absolute Gasteiger partial charge is 0.385 e. The molecule has 0 aromatic carbocycles. The SMILES string of the molecule is CCOCC(=O)NC(C)CCOC. The summed E-state index contributed by atoms with van der Waals surface area (Å²) in [5.41, 5.74) is 0. The van der Waals surface area contributed by atoms with Crippen LogP contribution in [-0.4, -0.2) is 38.9 Å². The van der Waals surface area contributed by atoms with Crippen LogP contribution < -0.4 is 5.32 Å². The molecular formula is C9H19NO3. The molecule has 78 valence electrons. The second-order valence-electron chi connectivity index (χ2n) is 2.89. The molecule has 0 heterocycles. The van der Waals surface area contributed by atoms with Crippen molar-refractivity contribution in [2.45, 2.75) is 26.3 Å². The fourth-order valence-corrected chi connectivity index (χ4v) is 0.878. The lowest BCUT2D eigenvalue weighted by atomic mass is 10.2. The molecule has 0 bridgehead atoms. The van der Waals surface area contributed by atoms with E-state index in [9.17, 15) is 4.79 Å². The van der Waals surface area contributed by atoms with Crippen LogP contribution in [0.15, 0.2) is 0 Å². The summed E-state index contributed by atoms with van der Waals surface area (Å²) in [6.07, 6.45) is 0.828. The van der Waals surface area contributed by atoms with E-state index in [0.717, 1.165) is 6.42 Å². The van der Waals surface area contributed by atoms with Gasteiger partial charge in [-0.1, -0.05) is 0 Å². The van der Waals surface area contributed by atoms with Gasteiger partial charge in [-0.2, -0.15) is 0 Å². The highest BCUT2D eigenvalue weighted by Gasteiger charge is 2.05. The van der Waals surface area contributed by atoms with Gasteiger partial charge < -0.3 is 14.8 Å². The van der Waals surface area contributed by atoms with Crippen LogP contribution in [0.1, 0.15) is 20.3 Å². The van der Waals surface area contributed by atoms with Crippen molar-refractivity contribution in [1.82, 2.24) is 5.32 Å². The molecule has 1 unspecified atom stereocenters. The average Bonchev–Trinajstić information content (AvgIpc) is 2.11. The van der Waals surface area contributed by atoms with E-state index >= 15 is 0 Å². The Morgan fingerprint density at radius 1 is 1.54 bits per heavy atom. The fraction of sp³-hybridized carbons (Fsp3) is 0.889. The van der Waals surface area contributed by atoms with Gasteiger partial charge in [0, 0.05) is 26.4 Å². The van der Waals surface area contributed by atoms with Crippen molar-refractivity contribution < 1.29 is 14.3 Å². The van der Waals surface area contributed by atoms with Crippen LogP contribution in [-0.2, 0) is 14.3 Å². The molecule has 1 N–H and O–H groups in total. The molecule has 0 rings (SSSR count). The molecule has 0 aromatic rings. The van der Waals surface area contributed by atoms with Gasteiger partial charge in [0.15, 0.2) is 0 Å². The zero-order valence-corrected chi connectivity index (χ0v) is 8.63. The quantitative estimate of drug-likeness (QED) is 0.636. The summed E-state index contributed by atoms with van der Waals surface area (Å²) in [5, 5.41) is 2.81. The predicted octanol–water partition coefficient (Wildman–Crippen LogP) is 0.564. The Morgan fingerprint density at radius 2 is 2.23 bits per heavy atom. The predicted molar refractivity (Wildman–Crippen MR) is 50.6 cm³/mol. The number of carbonyl (C=O) groups is 1. The molecule has 0 aromatic heterocycles. The van der Waals surface area contributed by atoms with Crippen LogP contribution in [0.25, 0.3) is 0 Å². The second kappa shape index (κ2) is 8.01. The Balaban J connectivity index is 3.41. The normalized spacial score (nSPS) is 12.5. The van der Waals surface area contributed by atoms with Crippen molar-refractivity contribution in [3.63, 3.8) is 0 Å². The summed E-state index contributed by atoms with van der Waals surface area (Å²) in [4.78, 5) is 11.1. The summed E-state index contributed by atoms with van der Waals surface area (Å²) in [5.74, 6) is -0.0644. The molecule has 1 atom stereocenters. The Morgan fingerprint density at radius 3 is 2.77 bits per heavy atom. The highest BCUT2D eigenvalue weighted by Crippen LogP contribution is 1.90. The number of rotatable bonds is 7. The Hall–Kier alpha value is -0.610. The lowest BCUT2D eigenvalue weighted by Gasteiger charge is -2.12. The monoisotopic (exact) mass is 189 g/mol. The van der Waals surface area contributed by atoms with Crippen molar-refractivity contribution in [3.8, 4) is 0 Å². The molecule has 0 radical (unpaired) electrons. The Bertz CT molecular complexity index is 139. The van der Waals surface area contributed by atoms with E-state index in [1.165, 1.54) is 0 Å². The molecular weight excluding hydrogens is 170 g/mol. The van der Waals surface area contributed by atoms with Gasteiger partial charge in [-0.3, -0.25) is 4.79 Å². The summed E-state index contributed by atoms with van der Waals surface area (Å²) >= 11 is 0. The minimum atomic E-state index is -0.0644. The minimum Gasteiger partial charge on any atom is -0.385 e. The number of methoxy groups -OCH3 is 1. The number of hydrogen-bond acceptors (Lipinski definition) is 3. The average molecular weight is 189 g/mol. The summed E-state index contributed by atoms with van der Waals surface area (Å²) in [6.45, 7) is 5.19. The van der Waals surface area contributed by atoms with Gasteiger partial charge in [0.1, 0.15) is 6.61 Å². The highest BCUT2D eigenvalue weighted by molar-refractivity contribution is 5.77. The van der Waals surface area contributed by atoms with Crippen LogP contribution in [0.4, 0.5) is 0 Å². The second-order valence-corrected chi connectivity index (χ2v) is 2.89. The van der Waals surface area contributed by atoms with Crippen LogP contribution in [0, 0.1) is 0 Å². The van der Waals surface area contributed by atoms with E-state index in [-0.39, 0.29) is 18.6 Å². The van der Waals surface area contributed by atoms with Crippen molar-refractivity contribution in [3.05, 3.63) is 0 Å². The fourth-order valence-electron chi connectivity index (χ4n) is 0.878. The van der Waals surface area contributed by atoms with Gasteiger partial charge in [0.25, 0.3) is 0 Å². The van der Waals surface area contributed by atoms with E-state index in [0.29, 0.717) is 13.2 Å². The molecule has 4 heteroatoms. The topological polar surface area (TPSA) is 47.6 Å². The molecule has 0 aliphatic carbocycles. The van der Waals surface area contributed by atoms with Crippen molar-refractivity contribution in [2.24, 2.45) is 0 Å². The zero-order valence-electron chi connectivity index (χ0n) is 8.63. The highest BCUT2D eigenvalue weighted by atomic mass is 16.5. The van der Waals surface area contributed by atoms with Crippen LogP contribution >= 0.6 is 0 Å². The molecule has 0 saturated heterocycles. The van der Waals surface area contributed by atoms with Crippen molar-refractivity contribution >= 4 is 5.91 Å². The van der Waals surface area contributed by atoms with Crippen LogP contribution in [0.3, 0.4) is 0 Å². The zero-order chi connectivity index (χ0) is 10.1. The lowest BCUT2D eigenvalue weighted by molar-refractivity contribution is -0.126. The maximum absolute atomic E-state index is 11.1. The lowest BCUT2D eigenvalue weighted by Crippen LogP contribution is -2.35. The van der Waals surface area contributed by atoms with Crippen molar-refractivity contribution in [1.29, 1.82) is 0 Å². The Kier molecular flexibility index (Phi) is 7.63. The summed E-state index contributed by atoms with van der Waals surface area (Å²) in [6, 6.07) is 0.146. The summed E-state index contributed by atoms with van der Waals surface area (Å²) < 4.78 is 9.85. The van der Waals surface area contributed by atoms with Crippen molar-refractivity contribution in [2.75, 3.05) is 26.9 Å². The first kappa shape index (κ1) is 12.4. The first-order chi connectivity index (χ1) is 6.20. The van der Waals surface area contributed by atoms with Gasteiger partial charge in [-0.05, 0) is 20.3 Å². The third kappa shape index (κ3) is 7.74. The molecule has 0 aliphatic rings. The van der Waals surface area contributed by atoms with Crippen LogP contribution in [0.2, 0.25) is 0 Å². The number of carbonyl (C=O) groups excluding carboxylic acids is 1. The maximum Gasteiger partial charge on any atom is 0.246 e. The molecule has 0 fully saturated rings. The summed E-state index contributed by atoms with van der Waals surface area (Å²) in [7, 11) is 1.65. The van der Waals surface area contributed by atoms with E-state index < -0.39 is 0 Å². The Labute approximate surface area is 79.6 Å². The van der Waals surface area contributed by atoms with Crippen LogP contribution in [0.5, 0.6) is 0 Å². The first-order valence-electron chi connectivity index (χ1n) is 4.56. The van der Waals surface area contributed by atoms with E-state index in [4.69, 9.17) is 9.47 Å². The molecule has 4 nitrogen and oxygen atoms in total. The van der Waals surface area contributed by atoms with E-state index in [2.05, 4.69) is 5.32 Å². The van der Waals surface area contributed by atoms with E-state index in [1.807, 2.05) is 13.8 Å². The molecule has 1 amide bonds. The minimum absolute atomic E-state index is 0.0644. The van der Waals surface area contributed by atoms with Gasteiger partial charge >= 0.3 is 0 Å². The van der Waals surface area contributed by atoms with Gasteiger partial charge in [-0.25, -0.2) is 0 Å². The standard InChI is InChI=1S/C9H19NO3/c1-4-13-7-9(11)10-8(2)5-6-12-3/h8H,4-7H2,1-3H3,(H,10,11). The molecule has 0 saturated carbocycles.